The van der Waals surface area contributed by atoms with Gasteiger partial charge in [-0.05, 0) is 43.2 Å². The van der Waals surface area contributed by atoms with Crippen LogP contribution in [0.25, 0.3) is 0 Å². The van der Waals surface area contributed by atoms with Crippen molar-refractivity contribution >= 4 is 0 Å². The van der Waals surface area contributed by atoms with E-state index >= 15 is 0 Å². The number of hydrogen-bond donors (Lipinski definition) is 1. The molecular formula is C15H19NO2. The van der Waals surface area contributed by atoms with Gasteiger partial charge in [0.05, 0.1) is 19.9 Å². The van der Waals surface area contributed by atoms with Crippen LogP contribution < -0.4 is 10.1 Å². The zero-order valence-electron chi connectivity index (χ0n) is 10.8. The minimum Gasteiger partial charge on any atom is -0.497 e. The minimum atomic E-state index is 0.406. The first-order valence-electron chi connectivity index (χ1n) is 6.16. The smallest absolute Gasteiger partial charge is 0.118 e. The fraction of sp³-hybridized carbons (Fsp3) is 0.333. The van der Waals surface area contributed by atoms with E-state index in [1.54, 1.807) is 13.4 Å². The molecule has 0 aliphatic heterocycles. The molecule has 1 atom stereocenters. The first kappa shape index (κ1) is 12.7. The fourth-order valence-corrected chi connectivity index (χ4v) is 1.88. The average Bonchev–Trinajstić information content (AvgIpc) is 2.90. The van der Waals surface area contributed by atoms with Crippen LogP contribution in [0.2, 0.25) is 0 Å². The molecule has 0 spiro atoms. The SMILES string of the molecule is COc1ccc(CC(C)NCc2ccco2)cc1. The molecular weight excluding hydrogens is 226 g/mol. The van der Waals surface area contributed by atoms with E-state index in [-0.39, 0.29) is 0 Å². The van der Waals surface area contributed by atoms with E-state index in [9.17, 15) is 0 Å². The zero-order valence-corrected chi connectivity index (χ0v) is 10.8. The molecule has 0 fully saturated rings. The summed E-state index contributed by atoms with van der Waals surface area (Å²) in [5.41, 5.74) is 1.30. The number of benzene rings is 1. The lowest BCUT2D eigenvalue weighted by atomic mass is 10.1. The Kier molecular flexibility index (Phi) is 4.42. The summed E-state index contributed by atoms with van der Waals surface area (Å²) in [5.74, 6) is 1.87. The van der Waals surface area contributed by atoms with Crippen molar-refractivity contribution in [2.75, 3.05) is 7.11 Å². The van der Waals surface area contributed by atoms with E-state index in [0.717, 1.165) is 24.5 Å². The highest BCUT2D eigenvalue weighted by atomic mass is 16.5. The summed E-state index contributed by atoms with van der Waals surface area (Å²) < 4.78 is 10.4. The third-order valence-electron chi connectivity index (χ3n) is 2.91. The molecule has 0 aliphatic rings. The zero-order chi connectivity index (χ0) is 12.8. The first-order valence-corrected chi connectivity index (χ1v) is 6.16. The molecule has 1 aromatic carbocycles. The van der Waals surface area contributed by atoms with Gasteiger partial charge in [-0.25, -0.2) is 0 Å². The molecule has 0 aliphatic carbocycles. The van der Waals surface area contributed by atoms with Crippen LogP contribution in [0.4, 0.5) is 0 Å². The van der Waals surface area contributed by atoms with Crippen molar-refractivity contribution in [1.29, 1.82) is 0 Å². The van der Waals surface area contributed by atoms with Crippen molar-refractivity contribution in [3.63, 3.8) is 0 Å². The molecule has 2 aromatic rings. The monoisotopic (exact) mass is 245 g/mol. The Morgan fingerprint density at radius 2 is 2.00 bits per heavy atom. The molecule has 0 radical (unpaired) electrons. The number of rotatable bonds is 6. The molecule has 2 rings (SSSR count). The Balaban J connectivity index is 1.80. The second-order valence-corrected chi connectivity index (χ2v) is 4.41. The van der Waals surface area contributed by atoms with Gasteiger partial charge in [0.1, 0.15) is 11.5 Å². The van der Waals surface area contributed by atoms with Gasteiger partial charge in [0.15, 0.2) is 0 Å². The maximum absolute atomic E-state index is 5.29. The highest BCUT2D eigenvalue weighted by molar-refractivity contribution is 5.27. The van der Waals surface area contributed by atoms with Crippen molar-refractivity contribution in [3.8, 4) is 5.75 Å². The Morgan fingerprint density at radius 3 is 2.61 bits per heavy atom. The number of hydrogen-bond acceptors (Lipinski definition) is 3. The summed E-state index contributed by atoms with van der Waals surface area (Å²) in [6.07, 6.45) is 2.69. The summed E-state index contributed by atoms with van der Waals surface area (Å²) in [5, 5.41) is 3.44. The van der Waals surface area contributed by atoms with Gasteiger partial charge in [-0.2, -0.15) is 0 Å². The van der Waals surface area contributed by atoms with Crippen LogP contribution in [0.15, 0.2) is 47.1 Å². The molecule has 3 heteroatoms. The van der Waals surface area contributed by atoms with Crippen molar-refractivity contribution in [2.45, 2.75) is 25.9 Å². The molecule has 1 aromatic heterocycles. The number of nitrogens with one attached hydrogen (secondary N) is 1. The molecule has 0 bridgehead atoms. The van der Waals surface area contributed by atoms with Crippen molar-refractivity contribution < 1.29 is 9.15 Å². The first-order chi connectivity index (χ1) is 8.78. The van der Waals surface area contributed by atoms with Gasteiger partial charge in [-0.3, -0.25) is 0 Å². The normalized spacial score (nSPS) is 12.3. The van der Waals surface area contributed by atoms with E-state index in [0.29, 0.717) is 6.04 Å². The highest BCUT2D eigenvalue weighted by Gasteiger charge is 2.04. The van der Waals surface area contributed by atoms with Crippen LogP contribution in [-0.2, 0) is 13.0 Å². The molecule has 0 saturated carbocycles. The summed E-state index contributed by atoms with van der Waals surface area (Å²) in [7, 11) is 1.68. The summed E-state index contributed by atoms with van der Waals surface area (Å²) in [6, 6.07) is 12.5. The van der Waals surface area contributed by atoms with Gasteiger partial charge in [0.25, 0.3) is 0 Å². The molecule has 0 amide bonds. The molecule has 1 heterocycles. The van der Waals surface area contributed by atoms with Gasteiger partial charge in [0, 0.05) is 6.04 Å². The maximum atomic E-state index is 5.29. The Labute approximate surface area is 108 Å². The molecule has 18 heavy (non-hydrogen) atoms. The lowest BCUT2D eigenvalue weighted by molar-refractivity contribution is 0.414. The van der Waals surface area contributed by atoms with Gasteiger partial charge < -0.3 is 14.5 Å². The van der Waals surface area contributed by atoms with E-state index < -0.39 is 0 Å². The van der Waals surface area contributed by atoms with Gasteiger partial charge >= 0.3 is 0 Å². The predicted molar refractivity (Wildman–Crippen MR) is 71.7 cm³/mol. The lowest BCUT2D eigenvalue weighted by Gasteiger charge is -2.13. The lowest BCUT2D eigenvalue weighted by Crippen LogP contribution is -2.27. The number of furan rings is 1. The third-order valence-corrected chi connectivity index (χ3v) is 2.91. The van der Waals surface area contributed by atoms with E-state index in [4.69, 9.17) is 9.15 Å². The van der Waals surface area contributed by atoms with E-state index in [1.165, 1.54) is 5.56 Å². The predicted octanol–water partition coefficient (Wildman–Crippen LogP) is 3.01. The molecule has 96 valence electrons. The molecule has 1 N–H and O–H groups in total. The summed E-state index contributed by atoms with van der Waals surface area (Å²) in [6.45, 7) is 2.94. The van der Waals surface area contributed by atoms with Gasteiger partial charge in [0.2, 0.25) is 0 Å². The van der Waals surface area contributed by atoms with Crippen molar-refractivity contribution in [2.24, 2.45) is 0 Å². The van der Waals surface area contributed by atoms with E-state index in [2.05, 4.69) is 24.4 Å². The Bertz CT molecular complexity index is 448. The van der Waals surface area contributed by atoms with Crippen molar-refractivity contribution in [1.82, 2.24) is 5.32 Å². The largest absolute Gasteiger partial charge is 0.497 e. The minimum absolute atomic E-state index is 0.406. The summed E-state index contributed by atoms with van der Waals surface area (Å²) >= 11 is 0. The highest BCUT2D eigenvalue weighted by Crippen LogP contribution is 2.12. The second-order valence-electron chi connectivity index (χ2n) is 4.41. The maximum Gasteiger partial charge on any atom is 0.118 e. The van der Waals surface area contributed by atoms with Gasteiger partial charge in [-0.15, -0.1) is 0 Å². The van der Waals surface area contributed by atoms with Crippen LogP contribution in [-0.4, -0.2) is 13.2 Å². The van der Waals surface area contributed by atoms with Crippen LogP contribution >= 0.6 is 0 Å². The van der Waals surface area contributed by atoms with Gasteiger partial charge in [-0.1, -0.05) is 12.1 Å². The topological polar surface area (TPSA) is 34.4 Å². The second kappa shape index (κ2) is 6.26. The third kappa shape index (κ3) is 3.64. The van der Waals surface area contributed by atoms with Crippen LogP contribution in [0.3, 0.4) is 0 Å². The van der Waals surface area contributed by atoms with Crippen LogP contribution in [0.1, 0.15) is 18.2 Å². The molecule has 1 unspecified atom stereocenters. The van der Waals surface area contributed by atoms with E-state index in [1.807, 2.05) is 24.3 Å². The summed E-state index contributed by atoms with van der Waals surface area (Å²) in [4.78, 5) is 0. The Hall–Kier alpha value is -1.74. The van der Waals surface area contributed by atoms with Crippen molar-refractivity contribution in [3.05, 3.63) is 54.0 Å². The number of ether oxygens (including phenoxy) is 1. The number of methoxy groups -OCH3 is 1. The average molecular weight is 245 g/mol. The van der Waals surface area contributed by atoms with Crippen LogP contribution in [0.5, 0.6) is 5.75 Å². The molecule has 0 saturated heterocycles. The standard InChI is InChI=1S/C15H19NO2/c1-12(16-11-15-4-3-9-18-15)10-13-5-7-14(17-2)8-6-13/h3-9,12,16H,10-11H2,1-2H3. The quantitative estimate of drug-likeness (QED) is 0.849. The molecule has 3 nitrogen and oxygen atoms in total. The fourth-order valence-electron chi connectivity index (χ4n) is 1.88. The van der Waals surface area contributed by atoms with Crippen LogP contribution in [0, 0.1) is 0 Å². The Morgan fingerprint density at radius 1 is 1.22 bits per heavy atom.